The molecule has 6 nitrogen and oxygen atoms in total. The SMILES string of the molecule is CCc1nnc(Oc2ccc(NC(=O)c3ccsc3)cc2)c(C#N)c1CC. The number of nitrogens with one attached hydrogen (secondary N) is 1. The molecule has 0 saturated carbocycles. The highest BCUT2D eigenvalue weighted by atomic mass is 32.1. The van der Waals surface area contributed by atoms with Crippen molar-refractivity contribution in [2.75, 3.05) is 5.32 Å². The van der Waals surface area contributed by atoms with Crippen LogP contribution in [0.15, 0.2) is 41.1 Å². The highest BCUT2D eigenvalue weighted by Gasteiger charge is 2.16. The highest BCUT2D eigenvalue weighted by Crippen LogP contribution is 2.27. The van der Waals surface area contributed by atoms with Crippen molar-refractivity contribution >= 4 is 22.9 Å². The second kappa shape index (κ2) is 8.43. The van der Waals surface area contributed by atoms with E-state index in [2.05, 4.69) is 21.6 Å². The normalized spacial score (nSPS) is 10.3. The van der Waals surface area contributed by atoms with Crippen LogP contribution in [0.2, 0.25) is 0 Å². The van der Waals surface area contributed by atoms with E-state index in [0.29, 0.717) is 35.4 Å². The highest BCUT2D eigenvalue weighted by molar-refractivity contribution is 7.08. The topological polar surface area (TPSA) is 87.9 Å². The minimum atomic E-state index is -0.162. The smallest absolute Gasteiger partial charge is 0.257 e. The number of aromatic nitrogens is 2. The van der Waals surface area contributed by atoms with Gasteiger partial charge in [-0.05, 0) is 54.1 Å². The van der Waals surface area contributed by atoms with E-state index in [1.54, 1.807) is 35.7 Å². The van der Waals surface area contributed by atoms with Crippen molar-refractivity contribution in [1.82, 2.24) is 10.2 Å². The summed E-state index contributed by atoms with van der Waals surface area (Å²) in [6.07, 6.45) is 1.40. The molecule has 136 valence electrons. The number of amides is 1. The third-order valence-corrected chi connectivity index (χ3v) is 4.72. The number of anilines is 1. The van der Waals surface area contributed by atoms with E-state index in [9.17, 15) is 10.1 Å². The molecule has 0 fully saturated rings. The summed E-state index contributed by atoms with van der Waals surface area (Å²) in [6.45, 7) is 3.96. The zero-order chi connectivity index (χ0) is 19.2. The van der Waals surface area contributed by atoms with Crippen LogP contribution in [0.1, 0.15) is 41.0 Å². The van der Waals surface area contributed by atoms with Crippen molar-refractivity contribution in [1.29, 1.82) is 5.26 Å². The number of nitrogens with zero attached hydrogens (tertiary/aromatic N) is 3. The molecule has 1 N–H and O–H groups in total. The lowest BCUT2D eigenvalue weighted by Gasteiger charge is -2.11. The number of carbonyl (C=O) groups is 1. The predicted octanol–water partition coefficient (Wildman–Crippen LogP) is 4.58. The first-order chi connectivity index (χ1) is 13.2. The first kappa shape index (κ1) is 18.5. The number of thiophene rings is 1. The third kappa shape index (κ3) is 4.13. The van der Waals surface area contributed by atoms with E-state index in [-0.39, 0.29) is 11.8 Å². The molecule has 0 aliphatic carbocycles. The van der Waals surface area contributed by atoms with E-state index in [1.165, 1.54) is 11.3 Å². The fourth-order valence-corrected chi connectivity index (χ4v) is 3.29. The van der Waals surface area contributed by atoms with Gasteiger partial charge in [-0.15, -0.1) is 5.10 Å². The summed E-state index contributed by atoms with van der Waals surface area (Å²) in [5.74, 6) is 0.549. The molecule has 1 amide bonds. The number of aryl methyl sites for hydroxylation is 1. The van der Waals surface area contributed by atoms with Gasteiger partial charge in [-0.1, -0.05) is 13.8 Å². The zero-order valence-corrected chi connectivity index (χ0v) is 15.8. The van der Waals surface area contributed by atoms with Gasteiger partial charge in [0.15, 0.2) is 0 Å². The predicted molar refractivity (Wildman–Crippen MR) is 104 cm³/mol. The summed E-state index contributed by atoms with van der Waals surface area (Å²) in [5, 5.41) is 24.2. The molecule has 0 aliphatic rings. The minimum absolute atomic E-state index is 0.162. The molecule has 0 atom stereocenters. The summed E-state index contributed by atoms with van der Waals surface area (Å²) in [6, 6.07) is 10.8. The molecule has 0 aliphatic heterocycles. The number of benzene rings is 1. The molecule has 2 heterocycles. The van der Waals surface area contributed by atoms with Crippen molar-refractivity contribution in [3.8, 4) is 17.7 Å². The summed E-state index contributed by atoms with van der Waals surface area (Å²) in [4.78, 5) is 12.1. The van der Waals surface area contributed by atoms with E-state index >= 15 is 0 Å². The van der Waals surface area contributed by atoms with Gasteiger partial charge in [-0.3, -0.25) is 4.79 Å². The Morgan fingerprint density at radius 2 is 1.96 bits per heavy atom. The van der Waals surface area contributed by atoms with Crippen molar-refractivity contribution < 1.29 is 9.53 Å². The molecule has 0 spiro atoms. The second-order valence-electron chi connectivity index (χ2n) is 5.72. The fraction of sp³-hybridized carbons (Fsp3) is 0.200. The molecular formula is C20H18N4O2S. The average Bonchev–Trinajstić information content (AvgIpc) is 3.24. The lowest BCUT2D eigenvalue weighted by Crippen LogP contribution is -2.10. The summed E-state index contributed by atoms with van der Waals surface area (Å²) >= 11 is 1.47. The Morgan fingerprint density at radius 1 is 1.19 bits per heavy atom. The Bertz CT molecular complexity index is 976. The van der Waals surface area contributed by atoms with Crippen LogP contribution in [-0.4, -0.2) is 16.1 Å². The van der Waals surface area contributed by atoms with E-state index in [0.717, 1.165) is 11.3 Å². The number of nitriles is 1. The molecule has 3 aromatic rings. The van der Waals surface area contributed by atoms with Gasteiger partial charge in [0.05, 0.1) is 11.3 Å². The summed E-state index contributed by atoms with van der Waals surface area (Å²) in [7, 11) is 0. The van der Waals surface area contributed by atoms with E-state index in [1.807, 2.05) is 19.2 Å². The molecule has 0 saturated heterocycles. The van der Waals surface area contributed by atoms with Crippen molar-refractivity contribution in [2.45, 2.75) is 26.7 Å². The minimum Gasteiger partial charge on any atom is -0.437 e. The Labute approximate surface area is 161 Å². The van der Waals surface area contributed by atoms with Gasteiger partial charge in [0.1, 0.15) is 17.4 Å². The number of hydrogen-bond acceptors (Lipinski definition) is 6. The fourth-order valence-electron chi connectivity index (χ4n) is 2.66. The lowest BCUT2D eigenvalue weighted by molar-refractivity contribution is 0.102. The lowest BCUT2D eigenvalue weighted by atomic mass is 10.0. The van der Waals surface area contributed by atoms with Crippen LogP contribution in [0.5, 0.6) is 11.6 Å². The van der Waals surface area contributed by atoms with Crippen LogP contribution in [0.3, 0.4) is 0 Å². The van der Waals surface area contributed by atoms with Gasteiger partial charge >= 0.3 is 0 Å². The maximum Gasteiger partial charge on any atom is 0.257 e. The number of rotatable bonds is 6. The van der Waals surface area contributed by atoms with E-state index in [4.69, 9.17) is 4.74 Å². The monoisotopic (exact) mass is 378 g/mol. The van der Waals surface area contributed by atoms with Crippen LogP contribution >= 0.6 is 11.3 Å². The molecule has 0 radical (unpaired) electrons. The third-order valence-electron chi connectivity index (χ3n) is 4.04. The zero-order valence-electron chi connectivity index (χ0n) is 15.0. The second-order valence-corrected chi connectivity index (χ2v) is 6.50. The van der Waals surface area contributed by atoms with Gasteiger partial charge in [-0.25, -0.2) is 0 Å². The van der Waals surface area contributed by atoms with Gasteiger partial charge < -0.3 is 10.1 Å². The largest absolute Gasteiger partial charge is 0.437 e. The Hall–Kier alpha value is -3.24. The number of ether oxygens (including phenoxy) is 1. The Balaban J connectivity index is 1.77. The standard InChI is InChI=1S/C20H18N4O2S/c1-3-16-17(11-21)20(24-23-18(16)4-2)26-15-7-5-14(6-8-15)22-19(25)13-9-10-27-12-13/h5-10,12H,3-4H2,1-2H3,(H,22,25). The Kier molecular flexibility index (Phi) is 5.79. The van der Waals surface area contributed by atoms with Gasteiger partial charge in [0.2, 0.25) is 0 Å². The van der Waals surface area contributed by atoms with Gasteiger partial charge in [-0.2, -0.15) is 21.7 Å². The van der Waals surface area contributed by atoms with Gasteiger partial charge in [0, 0.05) is 11.1 Å². The first-order valence-corrected chi connectivity index (χ1v) is 9.50. The van der Waals surface area contributed by atoms with Crippen LogP contribution in [-0.2, 0) is 12.8 Å². The molecule has 0 unspecified atom stereocenters. The maximum atomic E-state index is 12.1. The van der Waals surface area contributed by atoms with Crippen LogP contribution in [0, 0.1) is 11.3 Å². The number of hydrogen-bond donors (Lipinski definition) is 1. The van der Waals surface area contributed by atoms with Crippen LogP contribution in [0.25, 0.3) is 0 Å². The molecular weight excluding hydrogens is 360 g/mol. The van der Waals surface area contributed by atoms with Crippen LogP contribution in [0.4, 0.5) is 5.69 Å². The molecule has 0 bridgehead atoms. The molecule has 7 heteroatoms. The average molecular weight is 378 g/mol. The molecule has 2 aromatic heterocycles. The number of carbonyl (C=O) groups excluding carboxylic acids is 1. The maximum absolute atomic E-state index is 12.1. The molecule has 1 aromatic carbocycles. The molecule has 3 rings (SSSR count). The first-order valence-electron chi connectivity index (χ1n) is 8.56. The van der Waals surface area contributed by atoms with Crippen molar-refractivity contribution in [2.24, 2.45) is 0 Å². The van der Waals surface area contributed by atoms with E-state index < -0.39 is 0 Å². The van der Waals surface area contributed by atoms with Crippen molar-refractivity contribution in [3.63, 3.8) is 0 Å². The van der Waals surface area contributed by atoms with Crippen LogP contribution < -0.4 is 10.1 Å². The quantitative estimate of drug-likeness (QED) is 0.678. The van der Waals surface area contributed by atoms with Crippen molar-refractivity contribution in [3.05, 3.63) is 63.5 Å². The summed E-state index contributed by atoms with van der Waals surface area (Å²) < 4.78 is 5.77. The Morgan fingerprint density at radius 3 is 2.56 bits per heavy atom. The molecule has 27 heavy (non-hydrogen) atoms. The van der Waals surface area contributed by atoms with Gasteiger partial charge in [0.25, 0.3) is 11.8 Å². The summed E-state index contributed by atoms with van der Waals surface area (Å²) in [5.41, 5.74) is 3.37.